The van der Waals surface area contributed by atoms with Crippen LogP contribution in [0.4, 0.5) is 0 Å². The molecule has 0 aromatic rings. The lowest BCUT2D eigenvalue weighted by Gasteiger charge is -2.07. The lowest BCUT2D eigenvalue weighted by atomic mass is 10.1. The second kappa shape index (κ2) is 15.8. The van der Waals surface area contributed by atoms with Crippen molar-refractivity contribution in [1.82, 2.24) is 0 Å². The summed E-state index contributed by atoms with van der Waals surface area (Å²) < 4.78 is 5.24. The zero-order valence-corrected chi connectivity index (χ0v) is 13.6. The van der Waals surface area contributed by atoms with E-state index >= 15 is 0 Å². The molecule has 0 heterocycles. The number of ether oxygens (including phenoxy) is 1. The standard InChI is InChI=1S/C18H36O/c1-4-5-6-7-8-9-10-11-12-13-14-15-16-17-18(2)19-3/h11-12,18H,4-10,13-17H2,1-3H3/b12-11-. The minimum absolute atomic E-state index is 0.434. The van der Waals surface area contributed by atoms with Crippen LogP contribution in [0, 0.1) is 0 Å². The highest BCUT2D eigenvalue weighted by atomic mass is 16.5. The van der Waals surface area contributed by atoms with Crippen LogP contribution in [0.25, 0.3) is 0 Å². The van der Waals surface area contributed by atoms with Gasteiger partial charge in [-0.2, -0.15) is 0 Å². The van der Waals surface area contributed by atoms with Gasteiger partial charge < -0.3 is 4.74 Å². The largest absolute Gasteiger partial charge is 0.382 e. The van der Waals surface area contributed by atoms with Crippen molar-refractivity contribution in [2.24, 2.45) is 0 Å². The maximum Gasteiger partial charge on any atom is 0.0543 e. The maximum atomic E-state index is 5.24. The van der Waals surface area contributed by atoms with Crippen LogP contribution < -0.4 is 0 Å². The van der Waals surface area contributed by atoms with Gasteiger partial charge in [-0.1, -0.05) is 64.0 Å². The van der Waals surface area contributed by atoms with Gasteiger partial charge in [-0.05, 0) is 39.0 Å². The molecule has 0 spiro atoms. The average Bonchev–Trinajstić information content (AvgIpc) is 2.43. The Morgan fingerprint density at radius 3 is 1.89 bits per heavy atom. The van der Waals surface area contributed by atoms with Crippen LogP contribution in [0.2, 0.25) is 0 Å². The van der Waals surface area contributed by atoms with Gasteiger partial charge in [0.25, 0.3) is 0 Å². The van der Waals surface area contributed by atoms with Crippen LogP contribution >= 0.6 is 0 Å². The maximum absolute atomic E-state index is 5.24. The second-order valence-corrected chi connectivity index (χ2v) is 5.71. The van der Waals surface area contributed by atoms with Crippen LogP contribution in [-0.2, 0) is 4.74 Å². The molecule has 0 bridgehead atoms. The summed E-state index contributed by atoms with van der Waals surface area (Å²) in [4.78, 5) is 0. The predicted octanol–water partition coefficient (Wildman–Crippen LogP) is 6.28. The van der Waals surface area contributed by atoms with Crippen LogP contribution in [-0.4, -0.2) is 13.2 Å². The first-order chi connectivity index (χ1) is 9.31. The third kappa shape index (κ3) is 15.6. The van der Waals surface area contributed by atoms with Crippen molar-refractivity contribution in [2.45, 2.75) is 97.0 Å². The van der Waals surface area contributed by atoms with Crippen LogP contribution in [0.3, 0.4) is 0 Å². The van der Waals surface area contributed by atoms with E-state index in [1.54, 1.807) is 7.11 Å². The highest BCUT2D eigenvalue weighted by Crippen LogP contribution is 2.09. The van der Waals surface area contributed by atoms with Gasteiger partial charge in [0.2, 0.25) is 0 Å². The molecule has 0 saturated heterocycles. The fraction of sp³-hybridized carbons (Fsp3) is 0.889. The van der Waals surface area contributed by atoms with E-state index in [0.717, 1.165) is 0 Å². The quantitative estimate of drug-likeness (QED) is 0.266. The molecule has 1 atom stereocenters. The van der Waals surface area contributed by atoms with Crippen molar-refractivity contribution in [3.05, 3.63) is 12.2 Å². The van der Waals surface area contributed by atoms with E-state index in [0.29, 0.717) is 6.10 Å². The molecule has 0 fully saturated rings. The summed E-state index contributed by atoms with van der Waals surface area (Å²) in [5.41, 5.74) is 0. The fourth-order valence-corrected chi connectivity index (χ4v) is 2.27. The van der Waals surface area contributed by atoms with Gasteiger partial charge in [-0.3, -0.25) is 0 Å². The number of rotatable bonds is 14. The molecule has 0 aromatic carbocycles. The zero-order valence-electron chi connectivity index (χ0n) is 13.6. The SMILES string of the molecule is CCCCCCCC/C=C\CCCCCC(C)OC. The molecule has 114 valence electrons. The molecule has 0 aliphatic rings. The lowest BCUT2D eigenvalue weighted by Crippen LogP contribution is -2.03. The Bertz CT molecular complexity index is 186. The molecule has 1 unspecified atom stereocenters. The third-order valence-electron chi connectivity index (χ3n) is 3.77. The summed E-state index contributed by atoms with van der Waals surface area (Å²) in [6, 6.07) is 0. The van der Waals surface area contributed by atoms with Gasteiger partial charge in [-0.25, -0.2) is 0 Å². The number of unbranched alkanes of at least 4 members (excludes halogenated alkanes) is 9. The summed E-state index contributed by atoms with van der Waals surface area (Å²) >= 11 is 0. The molecule has 0 saturated carbocycles. The number of hydrogen-bond acceptors (Lipinski definition) is 1. The van der Waals surface area contributed by atoms with E-state index < -0.39 is 0 Å². The Morgan fingerprint density at radius 2 is 1.32 bits per heavy atom. The van der Waals surface area contributed by atoms with Gasteiger partial charge in [0, 0.05) is 7.11 Å². The van der Waals surface area contributed by atoms with E-state index in [4.69, 9.17) is 4.74 Å². The Hall–Kier alpha value is -0.300. The molecular weight excluding hydrogens is 232 g/mol. The Morgan fingerprint density at radius 1 is 0.789 bits per heavy atom. The van der Waals surface area contributed by atoms with E-state index in [-0.39, 0.29) is 0 Å². The lowest BCUT2D eigenvalue weighted by molar-refractivity contribution is 0.108. The number of allylic oxidation sites excluding steroid dienone is 2. The topological polar surface area (TPSA) is 9.23 Å². The molecular formula is C18H36O. The summed E-state index contributed by atoms with van der Waals surface area (Å²) in [5.74, 6) is 0. The Labute approximate surface area is 121 Å². The summed E-state index contributed by atoms with van der Waals surface area (Å²) in [6.07, 6.45) is 21.4. The minimum atomic E-state index is 0.434. The van der Waals surface area contributed by atoms with Crippen molar-refractivity contribution >= 4 is 0 Å². The van der Waals surface area contributed by atoms with Crippen LogP contribution in [0.5, 0.6) is 0 Å². The summed E-state index contributed by atoms with van der Waals surface area (Å²) in [5, 5.41) is 0. The van der Waals surface area contributed by atoms with Gasteiger partial charge in [0.15, 0.2) is 0 Å². The fourth-order valence-electron chi connectivity index (χ4n) is 2.27. The molecule has 0 rings (SSSR count). The molecule has 0 N–H and O–H groups in total. The summed E-state index contributed by atoms with van der Waals surface area (Å²) in [7, 11) is 1.80. The van der Waals surface area contributed by atoms with Crippen molar-refractivity contribution in [2.75, 3.05) is 7.11 Å². The monoisotopic (exact) mass is 268 g/mol. The molecule has 1 nitrogen and oxygen atoms in total. The van der Waals surface area contributed by atoms with E-state index in [9.17, 15) is 0 Å². The summed E-state index contributed by atoms with van der Waals surface area (Å²) in [6.45, 7) is 4.43. The highest BCUT2D eigenvalue weighted by molar-refractivity contribution is 4.81. The Balaban J connectivity index is 3.09. The molecule has 1 heteroatoms. The molecule has 0 aliphatic carbocycles. The smallest absolute Gasteiger partial charge is 0.0543 e. The van der Waals surface area contributed by atoms with E-state index in [1.807, 2.05) is 0 Å². The second-order valence-electron chi connectivity index (χ2n) is 5.71. The van der Waals surface area contributed by atoms with Gasteiger partial charge >= 0.3 is 0 Å². The van der Waals surface area contributed by atoms with E-state index in [2.05, 4.69) is 26.0 Å². The molecule has 0 aliphatic heterocycles. The first kappa shape index (κ1) is 18.7. The molecule has 19 heavy (non-hydrogen) atoms. The van der Waals surface area contributed by atoms with E-state index in [1.165, 1.54) is 77.0 Å². The van der Waals surface area contributed by atoms with Gasteiger partial charge in [0.1, 0.15) is 0 Å². The highest BCUT2D eigenvalue weighted by Gasteiger charge is 1.97. The number of methoxy groups -OCH3 is 1. The van der Waals surface area contributed by atoms with Crippen LogP contribution in [0.1, 0.15) is 90.9 Å². The van der Waals surface area contributed by atoms with Gasteiger partial charge in [-0.15, -0.1) is 0 Å². The first-order valence-electron chi connectivity index (χ1n) is 8.49. The van der Waals surface area contributed by atoms with Crippen molar-refractivity contribution < 1.29 is 4.74 Å². The van der Waals surface area contributed by atoms with Crippen molar-refractivity contribution in [3.8, 4) is 0 Å². The van der Waals surface area contributed by atoms with Crippen LogP contribution in [0.15, 0.2) is 12.2 Å². The average molecular weight is 268 g/mol. The predicted molar refractivity (Wildman–Crippen MR) is 86.7 cm³/mol. The normalized spacial score (nSPS) is 13.2. The Kier molecular flexibility index (Phi) is 15.5. The minimum Gasteiger partial charge on any atom is -0.382 e. The first-order valence-corrected chi connectivity index (χ1v) is 8.49. The molecule has 0 aromatic heterocycles. The van der Waals surface area contributed by atoms with Crippen molar-refractivity contribution in [1.29, 1.82) is 0 Å². The van der Waals surface area contributed by atoms with Gasteiger partial charge in [0.05, 0.1) is 6.10 Å². The molecule has 0 radical (unpaired) electrons. The zero-order chi connectivity index (χ0) is 14.2. The third-order valence-corrected chi connectivity index (χ3v) is 3.77. The molecule has 0 amide bonds. The van der Waals surface area contributed by atoms with Crippen molar-refractivity contribution in [3.63, 3.8) is 0 Å². The number of hydrogen-bond donors (Lipinski definition) is 0.